The van der Waals surface area contributed by atoms with Crippen LogP contribution in [0.5, 0.6) is 5.75 Å². The molecule has 2 N–H and O–H groups in total. The van der Waals surface area contributed by atoms with E-state index in [9.17, 15) is 8.78 Å². The van der Waals surface area contributed by atoms with Crippen molar-refractivity contribution in [3.8, 4) is 5.75 Å². The number of nitrogens with zero attached hydrogens (tertiary/aromatic N) is 2. The molecule has 1 saturated heterocycles. The van der Waals surface area contributed by atoms with Gasteiger partial charge in [-0.1, -0.05) is 11.6 Å². The van der Waals surface area contributed by atoms with Gasteiger partial charge in [0.1, 0.15) is 5.75 Å². The summed E-state index contributed by atoms with van der Waals surface area (Å²) in [5, 5.41) is 6.94. The lowest BCUT2D eigenvalue weighted by atomic mass is 9.97. The van der Waals surface area contributed by atoms with Crippen LogP contribution in [0, 0.1) is 5.92 Å². The maximum Gasteiger partial charge on any atom is 0.387 e. The lowest BCUT2D eigenvalue weighted by Gasteiger charge is -2.35. The fourth-order valence-electron chi connectivity index (χ4n) is 3.27. The second-order valence-electron chi connectivity index (χ2n) is 7.03. The molecule has 27 heavy (non-hydrogen) atoms. The molecule has 1 atom stereocenters. The van der Waals surface area contributed by atoms with Crippen LogP contribution < -0.4 is 15.4 Å². The summed E-state index contributed by atoms with van der Waals surface area (Å²) in [5.41, 5.74) is 0.550. The van der Waals surface area contributed by atoms with E-state index in [1.165, 1.54) is 25.0 Å². The van der Waals surface area contributed by atoms with Crippen molar-refractivity contribution < 1.29 is 13.5 Å². The van der Waals surface area contributed by atoms with Crippen LogP contribution in [-0.2, 0) is 6.54 Å². The molecular weight excluding hydrogens is 374 g/mol. The summed E-state index contributed by atoms with van der Waals surface area (Å²) < 4.78 is 29.7. The number of hydrogen-bond donors (Lipinski definition) is 2. The molecule has 1 unspecified atom stereocenters. The highest BCUT2D eigenvalue weighted by atomic mass is 35.5. The van der Waals surface area contributed by atoms with Gasteiger partial charge in [-0.05, 0) is 57.4 Å². The van der Waals surface area contributed by atoms with Crippen molar-refractivity contribution in [1.82, 2.24) is 15.5 Å². The van der Waals surface area contributed by atoms with E-state index in [0.29, 0.717) is 28.5 Å². The highest BCUT2D eigenvalue weighted by molar-refractivity contribution is 6.30. The fourth-order valence-corrected chi connectivity index (χ4v) is 3.47. The van der Waals surface area contributed by atoms with E-state index in [4.69, 9.17) is 11.6 Å². The average molecular weight is 403 g/mol. The number of alkyl halides is 2. The number of likely N-dealkylation sites (tertiary alicyclic amines) is 1. The molecule has 0 radical (unpaired) electrons. The van der Waals surface area contributed by atoms with Gasteiger partial charge in [0, 0.05) is 43.3 Å². The Labute approximate surface area is 165 Å². The Bertz CT molecular complexity index is 628. The lowest BCUT2D eigenvalue weighted by molar-refractivity contribution is -0.0504. The second-order valence-corrected chi connectivity index (χ2v) is 7.47. The van der Waals surface area contributed by atoms with E-state index in [-0.39, 0.29) is 12.3 Å². The molecule has 2 rings (SSSR count). The number of halogens is 3. The normalized spacial score (nSPS) is 18.8. The lowest BCUT2D eigenvalue weighted by Crippen LogP contribution is -2.46. The largest absolute Gasteiger partial charge is 0.434 e. The van der Waals surface area contributed by atoms with Crippen LogP contribution in [0.4, 0.5) is 8.78 Å². The van der Waals surface area contributed by atoms with E-state index < -0.39 is 6.61 Å². The Hall–Kier alpha value is -1.60. The Balaban J connectivity index is 1.88. The molecule has 152 valence electrons. The van der Waals surface area contributed by atoms with Gasteiger partial charge in [0.25, 0.3) is 0 Å². The van der Waals surface area contributed by atoms with Gasteiger partial charge in [0.2, 0.25) is 0 Å². The summed E-state index contributed by atoms with van der Waals surface area (Å²) in [4.78, 5) is 6.71. The first-order valence-electron chi connectivity index (χ1n) is 9.30. The predicted octanol–water partition coefficient (Wildman–Crippen LogP) is 3.73. The average Bonchev–Trinajstić information content (AvgIpc) is 2.63. The van der Waals surface area contributed by atoms with Crippen LogP contribution in [0.3, 0.4) is 0 Å². The number of benzene rings is 1. The summed E-state index contributed by atoms with van der Waals surface area (Å²) in [7, 11) is 1.69. The standard InChI is InChI=1S/C19H29ClF2N4O/c1-13(2)26-8-4-5-14(12-26)10-24-19(23-3)25-11-15-9-16(20)6-7-17(15)27-18(21)22/h6-7,9,13-14,18H,4-5,8,10-12H2,1-3H3,(H2,23,24,25). The highest BCUT2D eigenvalue weighted by Crippen LogP contribution is 2.24. The van der Waals surface area contributed by atoms with Crippen LogP contribution in [-0.4, -0.2) is 50.2 Å². The van der Waals surface area contributed by atoms with E-state index in [0.717, 1.165) is 19.6 Å². The summed E-state index contributed by atoms with van der Waals surface area (Å²) in [6.07, 6.45) is 2.39. The van der Waals surface area contributed by atoms with E-state index in [2.05, 4.69) is 39.1 Å². The molecule has 1 heterocycles. The Morgan fingerprint density at radius 2 is 2.15 bits per heavy atom. The molecule has 1 aliphatic heterocycles. The topological polar surface area (TPSA) is 48.9 Å². The minimum atomic E-state index is -2.88. The first-order chi connectivity index (χ1) is 12.9. The van der Waals surface area contributed by atoms with Gasteiger partial charge in [-0.3, -0.25) is 4.99 Å². The van der Waals surface area contributed by atoms with Crippen molar-refractivity contribution >= 4 is 17.6 Å². The van der Waals surface area contributed by atoms with E-state index in [1.54, 1.807) is 13.1 Å². The molecule has 0 bridgehead atoms. The molecule has 1 aliphatic rings. The zero-order valence-corrected chi connectivity index (χ0v) is 16.9. The van der Waals surface area contributed by atoms with Gasteiger partial charge < -0.3 is 20.3 Å². The summed E-state index contributed by atoms with van der Waals surface area (Å²) >= 11 is 5.98. The number of guanidine groups is 1. The summed E-state index contributed by atoms with van der Waals surface area (Å²) in [5.74, 6) is 1.29. The molecule has 8 heteroatoms. The Kier molecular flexibility index (Phi) is 8.57. The van der Waals surface area contributed by atoms with Gasteiger partial charge in [-0.2, -0.15) is 8.78 Å². The number of hydrogen-bond acceptors (Lipinski definition) is 3. The number of aliphatic imine (C=N–C) groups is 1. The third-order valence-electron chi connectivity index (χ3n) is 4.75. The first-order valence-corrected chi connectivity index (χ1v) is 9.68. The van der Waals surface area contributed by atoms with Crippen LogP contribution in [0.2, 0.25) is 5.02 Å². The molecular formula is C19H29ClF2N4O. The predicted molar refractivity (Wildman–Crippen MR) is 106 cm³/mol. The molecule has 0 spiro atoms. The zero-order valence-electron chi connectivity index (χ0n) is 16.1. The first kappa shape index (κ1) is 21.7. The van der Waals surface area contributed by atoms with Crippen molar-refractivity contribution in [2.24, 2.45) is 10.9 Å². The number of rotatable bonds is 7. The summed E-state index contributed by atoms with van der Waals surface area (Å²) in [6, 6.07) is 5.14. The molecule has 1 fully saturated rings. The quantitative estimate of drug-likeness (QED) is 0.539. The van der Waals surface area contributed by atoms with Crippen molar-refractivity contribution in [3.05, 3.63) is 28.8 Å². The molecule has 1 aromatic rings. The van der Waals surface area contributed by atoms with Crippen molar-refractivity contribution in [2.75, 3.05) is 26.7 Å². The monoisotopic (exact) mass is 402 g/mol. The van der Waals surface area contributed by atoms with Crippen LogP contribution in [0.25, 0.3) is 0 Å². The maximum absolute atomic E-state index is 12.6. The zero-order chi connectivity index (χ0) is 19.8. The third kappa shape index (κ3) is 7.14. The van der Waals surface area contributed by atoms with Crippen LogP contribution in [0.1, 0.15) is 32.3 Å². The maximum atomic E-state index is 12.6. The van der Waals surface area contributed by atoms with Crippen molar-refractivity contribution in [1.29, 1.82) is 0 Å². The Morgan fingerprint density at radius 3 is 2.81 bits per heavy atom. The molecule has 0 saturated carbocycles. The fraction of sp³-hybridized carbons (Fsp3) is 0.632. The van der Waals surface area contributed by atoms with E-state index >= 15 is 0 Å². The third-order valence-corrected chi connectivity index (χ3v) is 4.98. The number of ether oxygens (including phenoxy) is 1. The van der Waals surface area contributed by atoms with Gasteiger partial charge >= 0.3 is 6.61 Å². The van der Waals surface area contributed by atoms with E-state index in [1.807, 2.05) is 0 Å². The van der Waals surface area contributed by atoms with Crippen molar-refractivity contribution in [2.45, 2.75) is 45.9 Å². The molecule has 1 aromatic carbocycles. The molecule has 5 nitrogen and oxygen atoms in total. The Morgan fingerprint density at radius 1 is 1.37 bits per heavy atom. The van der Waals surface area contributed by atoms with Crippen LogP contribution >= 0.6 is 11.6 Å². The van der Waals surface area contributed by atoms with Gasteiger partial charge in [0.15, 0.2) is 5.96 Å². The number of piperidine rings is 1. The highest BCUT2D eigenvalue weighted by Gasteiger charge is 2.21. The minimum Gasteiger partial charge on any atom is -0.434 e. The molecule has 0 amide bonds. The van der Waals surface area contributed by atoms with Gasteiger partial charge in [-0.15, -0.1) is 0 Å². The van der Waals surface area contributed by atoms with Gasteiger partial charge in [-0.25, -0.2) is 0 Å². The van der Waals surface area contributed by atoms with Crippen LogP contribution in [0.15, 0.2) is 23.2 Å². The SMILES string of the molecule is CN=C(NCc1cc(Cl)ccc1OC(F)F)NCC1CCCN(C(C)C)C1. The summed E-state index contributed by atoms with van der Waals surface area (Å²) in [6.45, 7) is 4.90. The van der Waals surface area contributed by atoms with Gasteiger partial charge in [0.05, 0.1) is 0 Å². The smallest absolute Gasteiger partial charge is 0.387 e. The van der Waals surface area contributed by atoms with Crippen molar-refractivity contribution in [3.63, 3.8) is 0 Å². The molecule has 0 aliphatic carbocycles. The second kappa shape index (κ2) is 10.7. The minimum absolute atomic E-state index is 0.109. The molecule has 0 aromatic heterocycles. The number of nitrogens with one attached hydrogen (secondary N) is 2.